The average molecular weight is 117 g/mol. The van der Waals surface area contributed by atoms with E-state index in [2.05, 4.69) is 4.74 Å². The van der Waals surface area contributed by atoms with Crippen molar-refractivity contribution in [2.75, 3.05) is 7.11 Å². The van der Waals surface area contributed by atoms with Gasteiger partial charge in [0.1, 0.15) is 0 Å². The number of hydrogen-bond donors (Lipinski definition) is 0. The zero-order valence-electron chi connectivity index (χ0n) is 3.89. The summed E-state index contributed by atoms with van der Waals surface area (Å²) in [4.78, 5) is 9.90. The van der Waals surface area contributed by atoms with Crippen LogP contribution < -0.4 is 0 Å². The minimum absolute atomic E-state index is 0. The first kappa shape index (κ1) is 15.6. The predicted octanol–water partition coefficient (Wildman–Crippen LogP) is 1.78. The van der Waals surface area contributed by atoms with E-state index in [0.717, 1.165) is 0 Å². The molecule has 0 spiro atoms. The molecule has 0 aliphatic carbocycles. The van der Waals surface area contributed by atoms with Gasteiger partial charge >= 0.3 is 0 Å². The largest absolute Gasteiger partial charge is 0.477 e. The summed E-state index contributed by atoms with van der Waals surface area (Å²) in [7, 11) is 2.71. The van der Waals surface area contributed by atoms with Crippen LogP contribution in [0.1, 0.15) is 14.9 Å². The molecule has 0 fully saturated rings. The molecule has 49 valence electrons. The summed E-state index contributed by atoms with van der Waals surface area (Å²) in [5, 5.41) is 0. The molecule has 0 aromatic carbocycles. The summed E-state index contributed by atoms with van der Waals surface area (Å²) in [6, 6.07) is 0. The van der Waals surface area contributed by atoms with Gasteiger partial charge in [0.05, 0.1) is 7.11 Å². The quantitative estimate of drug-likeness (QED) is 0.489. The van der Waals surface area contributed by atoms with E-state index in [1.807, 2.05) is 0 Å². The van der Waals surface area contributed by atoms with Crippen LogP contribution in [0.25, 0.3) is 0 Å². The van der Waals surface area contributed by atoms with E-state index in [1.165, 1.54) is 14.4 Å². The van der Waals surface area contributed by atoms with Gasteiger partial charge in [-0.1, -0.05) is 21.7 Å². The topological polar surface area (TPSA) is 26.3 Å². The van der Waals surface area contributed by atoms with E-state index < -0.39 is 0 Å². The standard InChI is InChI=1S/C3H6BO2.2CH4/c1-4-3(5)6-2;;/h1-2H3;2*1H4. The van der Waals surface area contributed by atoms with Crippen LogP contribution in [0.5, 0.6) is 0 Å². The van der Waals surface area contributed by atoms with Crippen LogP contribution in [0.15, 0.2) is 0 Å². The van der Waals surface area contributed by atoms with Gasteiger partial charge in [0.2, 0.25) is 5.87 Å². The van der Waals surface area contributed by atoms with Crippen LogP contribution in [0.3, 0.4) is 0 Å². The molecule has 0 bridgehead atoms. The van der Waals surface area contributed by atoms with Crippen molar-refractivity contribution in [1.82, 2.24) is 0 Å². The second-order valence-electron chi connectivity index (χ2n) is 0.812. The Hall–Kier alpha value is -0.465. The number of hydrogen-bond acceptors (Lipinski definition) is 2. The van der Waals surface area contributed by atoms with Crippen molar-refractivity contribution >= 4 is 13.1 Å². The summed E-state index contributed by atoms with van der Waals surface area (Å²) >= 11 is 0. The molecule has 0 unspecified atom stereocenters. The lowest BCUT2D eigenvalue weighted by Gasteiger charge is -1.86. The lowest BCUT2D eigenvalue weighted by atomic mass is 9.83. The van der Waals surface area contributed by atoms with Crippen LogP contribution in [-0.4, -0.2) is 20.3 Å². The summed E-state index contributed by atoms with van der Waals surface area (Å²) in [5.74, 6) is -0.282. The molecule has 0 rings (SSSR count). The van der Waals surface area contributed by atoms with Crippen LogP contribution in [-0.2, 0) is 4.74 Å². The molecule has 1 radical (unpaired) electrons. The lowest BCUT2D eigenvalue weighted by Crippen LogP contribution is -2.02. The lowest BCUT2D eigenvalue weighted by molar-refractivity contribution is 0.198. The van der Waals surface area contributed by atoms with Gasteiger partial charge in [-0.15, -0.1) is 0 Å². The van der Waals surface area contributed by atoms with Gasteiger partial charge in [0.15, 0.2) is 0 Å². The van der Waals surface area contributed by atoms with E-state index >= 15 is 0 Å². The van der Waals surface area contributed by atoms with Crippen LogP contribution in [0.2, 0.25) is 6.82 Å². The summed E-state index contributed by atoms with van der Waals surface area (Å²) < 4.78 is 4.20. The first-order valence-corrected chi connectivity index (χ1v) is 1.68. The van der Waals surface area contributed by atoms with Gasteiger partial charge in [-0.05, 0) is 0 Å². The molecule has 0 aromatic heterocycles. The van der Waals surface area contributed by atoms with Gasteiger partial charge < -0.3 is 4.74 Å². The Morgan fingerprint density at radius 2 is 1.88 bits per heavy atom. The van der Waals surface area contributed by atoms with Crippen molar-refractivity contribution in [3.63, 3.8) is 0 Å². The van der Waals surface area contributed by atoms with Gasteiger partial charge in [-0.25, -0.2) is 0 Å². The van der Waals surface area contributed by atoms with Crippen molar-refractivity contribution in [1.29, 1.82) is 0 Å². The first-order valence-electron chi connectivity index (χ1n) is 1.68. The van der Waals surface area contributed by atoms with E-state index in [9.17, 15) is 4.79 Å². The van der Waals surface area contributed by atoms with Crippen molar-refractivity contribution < 1.29 is 9.53 Å². The Morgan fingerprint density at radius 3 is 1.88 bits per heavy atom. The van der Waals surface area contributed by atoms with Gasteiger partial charge in [0.25, 0.3) is 7.28 Å². The third-order valence-corrected chi connectivity index (χ3v) is 0.437. The number of rotatable bonds is 1. The Morgan fingerprint density at radius 1 is 1.50 bits per heavy atom. The molecule has 2 nitrogen and oxygen atoms in total. The fraction of sp³-hybridized carbons (Fsp3) is 0.800. The molecular formula is C5H14BO2. The molecule has 0 amide bonds. The Balaban J connectivity index is -0.000000125. The maximum absolute atomic E-state index is 9.90. The molecule has 0 aliphatic rings. The third-order valence-electron chi connectivity index (χ3n) is 0.437. The fourth-order valence-electron chi connectivity index (χ4n) is 0.118. The molecule has 0 aliphatic heterocycles. The van der Waals surface area contributed by atoms with Crippen LogP contribution >= 0.6 is 0 Å². The van der Waals surface area contributed by atoms with E-state index in [1.54, 1.807) is 6.82 Å². The van der Waals surface area contributed by atoms with Crippen molar-refractivity contribution in [2.45, 2.75) is 21.7 Å². The number of carbonyl (C=O) groups excluding carboxylic acids is 1. The molecule has 0 saturated carbocycles. The maximum Gasteiger partial charge on any atom is 0.257 e. The fourth-order valence-corrected chi connectivity index (χ4v) is 0.118. The monoisotopic (exact) mass is 117 g/mol. The van der Waals surface area contributed by atoms with E-state index in [0.29, 0.717) is 0 Å². The van der Waals surface area contributed by atoms with Gasteiger partial charge in [-0.2, -0.15) is 0 Å². The van der Waals surface area contributed by atoms with Crippen molar-refractivity contribution in [3.8, 4) is 0 Å². The maximum atomic E-state index is 9.90. The summed E-state index contributed by atoms with van der Waals surface area (Å²) in [5.41, 5.74) is 0. The van der Waals surface area contributed by atoms with Gasteiger partial charge in [0, 0.05) is 0 Å². The normalized spacial score (nSPS) is 5.25. The SMILES string of the molecule is C.C.C[B]C(=O)OC. The molecular weight excluding hydrogens is 103 g/mol. The van der Waals surface area contributed by atoms with Crippen LogP contribution in [0.4, 0.5) is 4.79 Å². The minimum atomic E-state index is -0.282. The Bertz CT molecular complexity index is 48.4. The Kier molecular flexibility index (Phi) is 19.0. The highest BCUT2D eigenvalue weighted by molar-refractivity contribution is 6.70. The second-order valence-corrected chi connectivity index (χ2v) is 0.812. The third kappa shape index (κ3) is 9.11. The zero-order valence-corrected chi connectivity index (χ0v) is 3.89. The molecule has 3 heteroatoms. The highest BCUT2D eigenvalue weighted by Gasteiger charge is 1.90. The first-order chi connectivity index (χ1) is 2.81. The second kappa shape index (κ2) is 9.73. The van der Waals surface area contributed by atoms with E-state index in [4.69, 9.17) is 0 Å². The predicted molar refractivity (Wildman–Crippen MR) is 37.5 cm³/mol. The molecule has 0 N–H and O–H groups in total. The average Bonchev–Trinajstić information content (AvgIpc) is 1.65. The summed E-state index contributed by atoms with van der Waals surface area (Å²) in [6.07, 6.45) is 0. The molecule has 0 saturated heterocycles. The molecule has 0 heterocycles. The number of methoxy groups -OCH3 is 1. The molecule has 0 aromatic rings. The highest BCUT2D eigenvalue weighted by Crippen LogP contribution is 1.68. The van der Waals surface area contributed by atoms with E-state index in [-0.39, 0.29) is 20.7 Å². The molecule has 0 atom stereocenters. The smallest absolute Gasteiger partial charge is 0.257 e. The zero-order chi connectivity index (χ0) is 4.99. The number of ether oxygens (including phenoxy) is 1. The summed E-state index contributed by atoms with van der Waals surface area (Å²) in [6.45, 7) is 1.63. The van der Waals surface area contributed by atoms with Crippen molar-refractivity contribution in [3.05, 3.63) is 0 Å². The van der Waals surface area contributed by atoms with Crippen LogP contribution in [0, 0.1) is 0 Å². The molecule has 8 heavy (non-hydrogen) atoms. The van der Waals surface area contributed by atoms with Gasteiger partial charge in [-0.3, -0.25) is 4.79 Å². The minimum Gasteiger partial charge on any atom is -0.477 e. The van der Waals surface area contributed by atoms with Crippen molar-refractivity contribution in [2.24, 2.45) is 0 Å². The highest BCUT2D eigenvalue weighted by atomic mass is 16.5. The number of carbonyl (C=O) groups is 1. The Labute approximate surface area is 52.5 Å².